The zero-order chi connectivity index (χ0) is 30.9. The van der Waals surface area contributed by atoms with Gasteiger partial charge in [-0.2, -0.15) is 0 Å². The van der Waals surface area contributed by atoms with E-state index in [0.717, 1.165) is 94.0 Å². The van der Waals surface area contributed by atoms with E-state index in [0.29, 0.717) is 12.5 Å². The van der Waals surface area contributed by atoms with Gasteiger partial charge in [-0.25, -0.2) is 15.0 Å². The number of hydrogen-bond donors (Lipinski definition) is 2. The summed E-state index contributed by atoms with van der Waals surface area (Å²) in [5, 5.41) is 7.02. The lowest BCUT2D eigenvalue weighted by Crippen LogP contribution is -2.35. The van der Waals surface area contributed by atoms with Gasteiger partial charge in [0.25, 0.3) is 0 Å². The molecule has 8 nitrogen and oxygen atoms in total. The zero-order valence-electron chi connectivity index (χ0n) is 27.1. The van der Waals surface area contributed by atoms with Gasteiger partial charge in [0.05, 0.1) is 5.92 Å². The fraction of sp³-hybridized carbons (Fsp3) is 0.556. The molecule has 0 saturated carbocycles. The Bertz CT molecular complexity index is 1360. The van der Waals surface area contributed by atoms with E-state index in [4.69, 9.17) is 14.7 Å². The summed E-state index contributed by atoms with van der Waals surface area (Å²) in [6.07, 6.45) is 10.6. The quantitative estimate of drug-likeness (QED) is 0.171. The molecular formula is C36H50N6O2. The van der Waals surface area contributed by atoms with Crippen molar-refractivity contribution in [2.45, 2.75) is 97.0 Å². The molecule has 1 saturated heterocycles. The molecule has 44 heavy (non-hydrogen) atoms. The van der Waals surface area contributed by atoms with Gasteiger partial charge in [-0.15, -0.1) is 0 Å². The Morgan fingerprint density at radius 1 is 1.09 bits per heavy atom. The fourth-order valence-electron chi connectivity index (χ4n) is 6.38. The molecule has 0 unspecified atom stereocenters. The summed E-state index contributed by atoms with van der Waals surface area (Å²) < 4.78 is 5.83. The number of piperidine rings is 1. The Balaban J connectivity index is 1.21. The average Bonchev–Trinajstić information content (AvgIpc) is 3.03. The number of ether oxygens (including phenoxy) is 1. The van der Waals surface area contributed by atoms with Crippen molar-refractivity contribution in [2.75, 3.05) is 41.7 Å². The van der Waals surface area contributed by atoms with Crippen molar-refractivity contribution >= 4 is 23.4 Å². The second kappa shape index (κ2) is 14.9. The minimum Gasteiger partial charge on any atom is -0.460 e. The molecule has 0 amide bonds. The number of anilines is 3. The lowest BCUT2D eigenvalue weighted by Gasteiger charge is -2.34. The van der Waals surface area contributed by atoms with Crippen LogP contribution in [-0.4, -0.2) is 52.7 Å². The normalized spacial score (nSPS) is 16.1. The van der Waals surface area contributed by atoms with Gasteiger partial charge in [-0.3, -0.25) is 4.79 Å². The standard InChI is InChI=1S/C36H50N6O2/c1-5-30-33(38-24-29(35(43)44-36(2,3)4)15-10-9-14-26-12-7-6-8-13-26)39-25-40-34(30)42-22-19-27(20-23-42)31-18-17-28-16-11-21-37-32(28)41-31/h6-8,12-13,17-18,25,27,29H,5,9-11,14-16,19-24H2,1-4H3,(H,37,41)(H,38,39,40)/t29-/m0/s1. The number of rotatable bonds is 12. The summed E-state index contributed by atoms with van der Waals surface area (Å²) in [6.45, 7) is 11.3. The number of pyridine rings is 1. The average molecular weight is 599 g/mol. The van der Waals surface area contributed by atoms with E-state index in [1.807, 2.05) is 26.8 Å². The van der Waals surface area contributed by atoms with Crippen LogP contribution in [0.25, 0.3) is 0 Å². The summed E-state index contributed by atoms with van der Waals surface area (Å²) >= 11 is 0. The van der Waals surface area contributed by atoms with E-state index >= 15 is 0 Å². The van der Waals surface area contributed by atoms with E-state index in [2.05, 4.69) is 63.8 Å². The van der Waals surface area contributed by atoms with Crippen molar-refractivity contribution in [3.8, 4) is 0 Å². The fourth-order valence-corrected chi connectivity index (χ4v) is 6.38. The molecule has 236 valence electrons. The molecule has 1 fully saturated rings. The maximum Gasteiger partial charge on any atom is 0.311 e. The van der Waals surface area contributed by atoms with Gasteiger partial charge in [0.2, 0.25) is 0 Å². The number of unbranched alkanes of at least 4 members (excludes halogenated alkanes) is 1. The Morgan fingerprint density at radius 3 is 2.64 bits per heavy atom. The van der Waals surface area contributed by atoms with Crippen molar-refractivity contribution < 1.29 is 9.53 Å². The first kappa shape index (κ1) is 31.7. The second-order valence-corrected chi connectivity index (χ2v) is 13.3. The molecule has 0 bridgehead atoms. The first-order chi connectivity index (χ1) is 21.3. The van der Waals surface area contributed by atoms with Crippen LogP contribution >= 0.6 is 0 Å². The SMILES string of the molecule is CCc1c(NC[C@H](CCCCc2ccccc2)C(=O)OC(C)(C)C)ncnc1N1CCC(c2ccc3c(n2)NCCC3)CC1. The highest BCUT2D eigenvalue weighted by molar-refractivity contribution is 5.74. The maximum absolute atomic E-state index is 13.2. The molecule has 2 aliphatic rings. The lowest BCUT2D eigenvalue weighted by molar-refractivity contribution is -0.159. The van der Waals surface area contributed by atoms with Crippen molar-refractivity contribution in [3.05, 3.63) is 71.2 Å². The van der Waals surface area contributed by atoms with Crippen LogP contribution < -0.4 is 15.5 Å². The van der Waals surface area contributed by atoms with E-state index < -0.39 is 5.60 Å². The Kier molecular flexibility index (Phi) is 10.7. The van der Waals surface area contributed by atoms with Gasteiger partial charge < -0.3 is 20.3 Å². The summed E-state index contributed by atoms with van der Waals surface area (Å²) in [4.78, 5) is 30.0. The van der Waals surface area contributed by atoms with E-state index in [9.17, 15) is 4.79 Å². The van der Waals surface area contributed by atoms with Crippen LogP contribution in [0, 0.1) is 5.92 Å². The highest BCUT2D eigenvalue weighted by atomic mass is 16.6. The molecule has 2 aliphatic heterocycles. The first-order valence-corrected chi connectivity index (χ1v) is 16.6. The van der Waals surface area contributed by atoms with Crippen LogP contribution in [0.3, 0.4) is 0 Å². The topological polar surface area (TPSA) is 92.3 Å². The number of nitrogens with zero attached hydrogens (tertiary/aromatic N) is 4. The highest BCUT2D eigenvalue weighted by Gasteiger charge is 2.28. The van der Waals surface area contributed by atoms with E-state index in [-0.39, 0.29) is 11.9 Å². The van der Waals surface area contributed by atoms with E-state index in [1.165, 1.54) is 23.2 Å². The summed E-state index contributed by atoms with van der Waals surface area (Å²) in [5.41, 5.74) is 4.46. The number of aromatic nitrogens is 3. The molecule has 2 N–H and O–H groups in total. The third-order valence-corrected chi connectivity index (χ3v) is 8.77. The second-order valence-electron chi connectivity index (χ2n) is 13.3. The zero-order valence-corrected chi connectivity index (χ0v) is 27.1. The molecule has 1 aromatic carbocycles. The van der Waals surface area contributed by atoms with Gasteiger partial charge in [-0.05, 0) is 89.3 Å². The lowest BCUT2D eigenvalue weighted by atomic mass is 9.92. The number of fused-ring (bicyclic) bond motifs is 1. The van der Waals surface area contributed by atoms with Crippen molar-refractivity contribution in [1.29, 1.82) is 0 Å². The number of nitrogens with one attached hydrogen (secondary N) is 2. The number of carbonyl (C=O) groups is 1. The molecule has 5 rings (SSSR count). The van der Waals surface area contributed by atoms with Crippen molar-refractivity contribution in [2.24, 2.45) is 5.92 Å². The molecule has 1 atom stereocenters. The Labute approximate surface area is 263 Å². The van der Waals surface area contributed by atoms with E-state index in [1.54, 1.807) is 6.33 Å². The maximum atomic E-state index is 13.2. The number of carbonyl (C=O) groups excluding carboxylic acids is 1. The van der Waals surface area contributed by atoms with Crippen LogP contribution in [0.15, 0.2) is 48.8 Å². The van der Waals surface area contributed by atoms with Crippen LogP contribution in [0.2, 0.25) is 0 Å². The summed E-state index contributed by atoms with van der Waals surface area (Å²) in [5.74, 6) is 2.96. The molecular weight excluding hydrogens is 548 g/mol. The van der Waals surface area contributed by atoms with Crippen molar-refractivity contribution in [1.82, 2.24) is 15.0 Å². The van der Waals surface area contributed by atoms with Crippen LogP contribution in [-0.2, 0) is 28.8 Å². The number of benzene rings is 1. The summed E-state index contributed by atoms with van der Waals surface area (Å²) in [6, 6.07) is 15.0. The van der Waals surface area contributed by atoms with Gasteiger partial charge in [0.1, 0.15) is 29.4 Å². The smallest absolute Gasteiger partial charge is 0.311 e. The summed E-state index contributed by atoms with van der Waals surface area (Å²) in [7, 11) is 0. The number of esters is 1. The van der Waals surface area contributed by atoms with Gasteiger partial charge in [0.15, 0.2) is 0 Å². The Hall–Kier alpha value is -3.68. The minimum atomic E-state index is -0.521. The highest BCUT2D eigenvalue weighted by Crippen LogP contribution is 2.33. The van der Waals surface area contributed by atoms with Crippen LogP contribution in [0.1, 0.15) is 94.5 Å². The predicted molar refractivity (Wildman–Crippen MR) is 178 cm³/mol. The molecule has 0 aliphatic carbocycles. The molecule has 0 radical (unpaired) electrons. The van der Waals surface area contributed by atoms with Gasteiger partial charge >= 0.3 is 5.97 Å². The van der Waals surface area contributed by atoms with Gasteiger partial charge in [0, 0.05) is 43.4 Å². The molecule has 8 heteroatoms. The Morgan fingerprint density at radius 2 is 1.89 bits per heavy atom. The first-order valence-electron chi connectivity index (χ1n) is 16.6. The predicted octanol–water partition coefficient (Wildman–Crippen LogP) is 6.96. The van der Waals surface area contributed by atoms with Crippen LogP contribution in [0.5, 0.6) is 0 Å². The molecule has 3 aromatic rings. The number of hydrogen-bond acceptors (Lipinski definition) is 8. The third-order valence-electron chi connectivity index (χ3n) is 8.77. The minimum absolute atomic E-state index is 0.148. The molecule has 4 heterocycles. The number of aryl methyl sites for hydroxylation is 2. The third kappa shape index (κ3) is 8.48. The van der Waals surface area contributed by atoms with Crippen molar-refractivity contribution in [3.63, 3.8) is 0 Å². The largest absolute Gasteiger partial charge is 0.460 e. The van der Waals surface area contributed by atoms with Gasteiger partial charge in [-0.1, -0.05) is 49.7 Å². The monoisotopic (exact) mass is 598 g/mol. The molecule has 2 aromatic heterocycles. The van der Waals surface area contributed by atoms with Crippen LogP contribution in [0.4, 0.5) is 17.5 Å². The molecule has 0 spiro atoms.